The summed E-state index contributed by atoms with van der Waals surface area (Å²) in [4.78, 5) is 2.83. The van der Waals surface area contributed by atoms with Crippen LogP contribution < -0.4 is 10.3 Å². The first kappa shape index (κ1) is 9.33. The summed E-state index contributed by atoms with van der Waals surface area (Å²) < 4.78 is 23.4. The molecule has 0 bridgehead atoms. The molecule has 0 saturated heterocycles. The molecule has 80 valence electrons. The van der Waals surface area contributed by atoms with E-state index in [1.165, 1.54) is 12.8 Å². The first-order chi connectivity index (χ1) is 7.18. The number of hydrogen-bond donors (Lipinski definition) is 2. The van der Waals surface area contributed by atoms with Gasteiger partial charge in [-0.05, 0) is 30.4 Å². The highest BCUT2D eigenvalue weighted by Crippen LogP contribution is 2.43. The molecular formula is C10H12N2O2S. The Kier molecular flexibility index (Phi) is 1.89. The largest absolute Gasteiger partial charge is 0.253 e. The second-order valence-electron chi connectivity index (χ2n) is 4.10. The number of fused-ring (bicyclic) bond motifs is 1. The van der Waals surface area contributed by atoms with E-state index in [9.17, 15) is 8.42 Å². The predicted molar refractivity (Wildman–Crippen MR) is 55.4 cm³/mol. The van der Waals surface area contributed by atoms with Gasteiger partial charge in [0.2, 0.25) is 0 Å². The van der Waals surface area contributed by atoms with Gasteiger partial charge in [0.15, 0.2) is 0 Å². The minimum Gasteiger partial charge on any atom is -0.236 e. The fourth-order valence-corrected chi connectivity index (χ4v) is 3.21. The molecule has 1 fully saturated rings. The quantitative estimate of drug-likeness (QED) is 0.746. The number of hydrogen-bond acceptors (Lipinski definition) is 3. The minimum absolute atomic E-state index is 0.143. The summed E-state index contributed by atoms with van der Waals surface area (Å²) in [5.41, 5.74) is 3.79. The molecule has 15 heavy (non-hydrogen) atoms. The third-order valence-electron chi connectivity index (χ3n) is 2.99. The Bertz CT molecular complexity index is 494. The van der Waals surface area contributed by atoms with Crippen molar-refractivity contribution in [1.29, 1.82) is 0 Å². The molecule has 2 N–H and O–H groups in total. The standard InChI is InChI=1S/C10H12N2O2S/c13-15(14)9-4-2-1-3-8(9)10(11-12-15)7-5-6-7/h1-4,7,10-12H,5-6H2. The molecule has 5 heteroatoms. The van der Waals surface area contributed by atoms with E-state index in [2.05, 4.69) is 10.3 Å². The third-order valence-corrected chi connectivity index (χ3v) is 4.32. The molecule has 1 aliphatic heterocycles. The fourth-order valence-electron chi connectivity index (χ4n) is 2.06. The fraction of sp³-hybridized carbons (Fsp3) is 0.400. The number of benzene rings is 1. The molecule has 0 radical (unpaired) electrons. The van der Waals surface area contributed by atoms with Gasteiger partial charge >= 0.3 is 0 Å². The first-order valence-electron chi connectivity index (χ1n) is 5.05. The molecule has 0 spiro atoms. The highest BCUT2D eigenvalue weighted by atomic mass is 32.2. The van der Waals surface area contributed by atoms with Crippen LogP contribution >= 0.6 is 0 Å². The molecule has 1 saturated carbocycles. The third kappa shape index (κ3) is 1.47. The van der Waals surface area contributed by atoms with Gasteiger partial charge in [0.05, 0.1) is 10.9 Å². The second kappa shape index (κ2) is 3.04. The lowest BCUT2D eigenvalue weighted by Gasteiger charge is -2.27. The molecule has 1 aliphatic carbocycles. The van der Waals surface area contributed by atoms with Crippen molar-refractivity contribution in [3.63, 3.8) is 0 Å². The van der Waals surface area contributed by atoms with E-state index in [0.29, 0.717) is 10.8 Å². The molecule has 2 aliphatic rings. The van der Waals surface area contributed by atoms with E-state index in [-0.39, 0.29) is 6.04 Å². The van der Waals surface area contributed by atoms with Crippen molar-refractivity contribution in [3.8, 4) is 0 Å². The molecule has 0 amide bonds. The lowest BCUT2D eigenvalue weighted by molar-refractivity contribution is 0.429. The Hall–Kier alpha value is -0.910. The van der Waals surface area contributed by atoms with Crippen LogP contribution in [0.2, 0.25) is 0 Å². The van der Waals surface area contributed by atoms with Gasteiger partial charge in [0.1, 0.15) is 0 Å². The van der Waals surface area contributed by atoms with E-state index >= 15 is 0 Å². The molecule has 1 unspecified atom stereocenters. The monoisotopic (exact) mass is 224 g/mol. The van der Waals surface area contributed by atoms with Crippen molar-refractivity contribution in [3.05, 3.63) is 29.8 Å². The maximum Gasteiger partial charge on any atom is 0.253 e. The number of hydrazine groups is 1. The average molecular weight is 224 g/mol. The van der Waals surface area contributed by atoms with Gasteiger partial charge in [0.25, 0.3) is 10.0 Å². The summed E-state index contributed by atoms with van der Waals surface area (Å²) in [6, 6.07) is 7.34. The number of rotatable bonds is 1. The molecule has 1 aromatic rings. The topological polar surface area (TPSA) is 58.2 Å². The zero-order chi connectivity index (χ0) is 10.5. The maximum absolute atomic E-state index is 11.7. The summed E-state index contributed by atoms with van der Waals surface area (Å²) in [5, 5.41) is 0. The zero-order valence-corrected chi connectivity index (χ0v) is 8.92. The summed E-state index contributed by atoms with van der Waals surface area (Å²) in [5.74, 6) is 0.578. The molecule has 1 aromatic carbocycles. The Labute approximate surface area is 88.7 Å². The zero-order valence-electron chi connectivity index (χ0n) is 8.10. The molecular weight excluding hydrogens is 212 g/mol. The summed E-state index contributed by atoms with van der Waals surface area (Å²) in [6.45, 7) is 0. The second-order valence-corrected chi connectivity index (χ2v) is 5.75. The smallest absolute Gasteiger partial charge is 0.236 e. The Balaban J connectivity index is 2.15. The lowest BCUT2D eigenvalue weighted by Crippen LogP contribution is -2.45. The van der Waals surface area contributed by atoms with Gasteiger partial charge in [-0.15, -0.1) is 4.83 Å². The highest BCUT2D eigenvalue weighted by Gasteiger charge is 2.38. The van der Waals surface area contributed by atoms with Gasteiger partial charge in [0, 0.05) is 0 Å². The highest BCUT2D eigenvalue weighted by molar-refractivity contribution is 7.89. The Morgan fingerprint density at radius 3 is 2.67 bits per heavy atom. The molecule has 3 rings (SSSR count). The van der Waals surface area contributed by atoms with E-state index < -0.39 is 10.0 Å². The molecule has 4 nitrogen and oxygen atoms in total. The summed E-state index contributed by atoms with van der Waals surface area (Å²) >= 11 is 0. The Morgan fingerprint density at radius 1 is 1.20 bits per heavy atom. The first-order valence-corrected chi connectivity index (χ1v) is 6.53. The maximum atomic E-state index is 11.7. The van der Waals surface area contributed by atoms with Crippen molar-refractivity contribution in [2.24, 2.45) is 5.92 Å². The van der Waals surface area contributed by atoms with Gasteiger partial charge < -0.3 is 0 Å². The molecule has 1 heterocycles. The lowest BCUT2D eigenvalue weighted by atomic mass is 10.0. The van der Waals surface area contributed by atoms with Gasteiger partial charge in [-0.25, -0.2) is 13.8 Å². The van der Waals surface area contributed by atoms with Gasteiger partial charge in [-0.1, -0.05) is 18.2 Å². The van der Waals surface area contributed by atoms with Gasteiger partial charge in [-0.3, -0.25) is 0 Å². The predicted octanol–water partition coefficient (Wildman–Crippen LogP) is 0.934. The van der Waals surface area contributed by atoms with E-state index in [4.69, 9.17) is 0 Å². The SMILES string of the molecule is O=S1(=O)NNC(C2CC2)c2ccccc21. The van der Waals surface area contributed by atoms with Crippen LogP contribution in [-0.2, 0) is 10.0 Å². The number of sulfonamides is 1. The van der Waals surface area contributed by atoms with Crippen molar-refractivity contribution in [1.82, 2.24) is 10.3 Å². The van der Waals surface area contributed by atoms with Crippen LogP contribution in [0, 0.1) is 5.92 Å². The van der Waals surface area contributed by atoms with E-state index in [0.717, 1.165) is 5.56 Å². The van der Waals surface area contributed by atoms with Gasteiger partial charge in [-0.2, -0.15) is 0 Å². The van der Waals surface area contributed by atoms with Crippen molar-refractivity contribution in [2.75, 3.05) is 0 Å². The van der Waals surface area contributed by atoms with Crippen LogP contribution in [0.3, 0.4) is 0 Å². The van der Waals surface area contributed by atoms with Crippen LogP contribution in [-0.4, -0.2) is 8.42 Å². The number of nitrogens with one attached hydrogen (secondary N) is 2. The van der Waals surface area contributed by atoms with Crippen molar-refractivity contribution in [2.45, 2.75) is 23.8 Å². The van der Waals surface area contributed by atoms with Crippen molar-refractivity contribution >= 4 is 10.0 Å². The van der Waals surface area contributed by atoms with Crippen LogP contribution in [0.25, 0.3) is 0 Å². The van der Waals surface area contributed by atoms with Crippen LogP contribution in [0.4, 0.5) is 0 Å². The van der Waals surface area contributed by atoms with Crippen LogP contribution in [0.5, 0.6) is 0 Å². The van der Waals surface area contributed by atoms with Crippen molar-refractivity contribution < 1.29 is 8.42 Å². The van der Waals surface area contributed by atoms with E-state index in [1.807, 2.05) is 12.1 Å². The summed E-state index contributed by atoms with van der Waals surface area (Å²) in [7, 11) is -3.34. The summed E-state index contributed by atoms with van der Waals surface area (Å²) in [6.07, 6.45) is 2.35. The average Bonchev–Trinajstić information content (AvgIpc) is 3.02. The molecule has 1 atom stereocenters. The normalized spacial score (nSPS) is 28.4. The van der Waals surface area contributed by atoms with Crippen LogP contribution in [0.15, 0.2) is 29.2 Å². The van der Waals surface area contributed by atoms with Crippen LogP contribution in [0.1, 0.15) is 24.4 Å². The minimum atomic E-state index is -3.34. The molecule has 0 aromatic heterocycles. The Morgan fingerprint density at radius 2 is 1.93 bits per heavy atom. The van der Waals surface area contributed by atoms with E-state index in [1.54, 1.807) is 12.1 Å².